The molecular weight excluding hydrogens is 356 g/mol. The van der Waals surface area contributed by atoms with Crippen molar-refractivity contribution < 1.29 is 23.8 Å². The lowest BCUT2D eigenvalue weighted by atomic mass is 10.1. The van der Waals surface area contributed by atoms with Crippen LogP contribution in [-0.4, -0.2) is 60.4 Å². The average molecular weight is 381 g/mol. The number of carbonyl (C=O) groups is 4. The monoisotopic (exact) mass is 381 g/mol. The summed E-state index contributed by atoms with van der Waals surface area (Å²) in [7, 11) is 2.12. The maximum Gasteiger partial charge on any atom is 0.344 e. The van der Waals surface area contributed by atoms with Gasteiger partial charge in [-0.1, -0.05) is 0 Å². The Kier molecular flexibility index (Phi) is 12.1. The zero-order valence-electron chi connectivity index (χ0n) is 13.4. The van der Waals surface area contributed by atoms with Crippen LogP contribution in [0.2, 0.25) is 0 Å². The maximum atomic E-state index is 11.3. The van der Waals surface area contributed by atoms with Gasteiger partial charge in [0.2, 0.25) is 18.7 Å². The summed E-state index contributed by atoms with van der Waals surface area (Å²) in [5.41, 5.74) is 3.80. The van der Waals surface area contributed by atoms with Gasteiger partial charge in [-0.2, -0.15) is 15.0 Å². The molecule has 0 aromatic heterocycles. The number of hydroxylamine groups is 2. The number of urea groups is 1. The van der Waals surface area contributed by atoms with Crippen molar-refractivity contribution in [3.8, 4) is 0 Å². The third kappa shape index (κ3) is 7.38. The molecule has 3 rings (SSSR count). The van der Waals surface area contributed by atoms with Crippen molar-refractivity contribution in [1.29, 1.82) is 0 Å². The van der Waals surface area contributed by atoms with Gasteiger partial charge in [0.05, 0.1) is 6.04 Å². The summed E-state index contributed by atoms with van der Waals surface area (Å²) in [6.45, 7) is 2.62. The van der Waals surface area contributed by atoms with Gasteiger partial charge in [0, 0.05) is 35.5 Å². The highest BCUT2D eigenvalue weighted by molar-refractivity contribution is 7.09. The van der Waals surface area contributed by atoms with Crippen molar-refractivity contribution in [3.63, 3.8) is 0 Å². The zero-order chi connectivity index (χ0) is 17.1. The Morgan fingerprint density at radius 1 is 1.21 bits per heavy atom. The molecule has 2 unspecified atom stereocenters. The van der Waals surface area contributed by atoms with Crippen LogP contribution in [0, 0.1) is 0 Å². The van der Waals surface area contributed by atoms with Crippen molar-refractivity contribution in [2.24, 2.45) is 0 Å². The first-order valence-electron chi connectivity index (χ1n) is 7.24. The van der Waals surface area contributed by atoms with Crippen LogP contribution in [0.15, 0.2) is 0 Å². The summed E-state index contributed by atoms with van der Waals surface area (Å²) in [4.78, 5) is 41.8. The van der Waals surface area contributed by atoms with Crippen LogP contribution >= 0.6 is 19.4 Å². The second kappa shape index (κ2) is 12.9. The van der Waals surface area contributed by atoms with Crippen LogP contribution in [0.3, 0.4) is 0 Å². The number of nitrogens with one attached hydrogen (secondary N) is 3. The fourth-order valence-corrected chi connectivity index (χ4v) is 2.64. The Bertz CT molecular complexity index is 413. The maximum absolute atomic E-state index is 11.3. The molecule has 0 spiro atoms. The summed E-state index contributed by atoms with van der Waals surface area (Å²) in [5.74, 6) is 0.204. The lowest BCUT2D eigenvalue weighted by Crippen LogP contribution is -2.30. The number of amides is 5. The number of hydrogen-bond donors (Lipinski definition) is 3. The van der Waals surface area contributed by atoms with E-state index in [1.807, 2.05) is 15.8 Å². The SMILES string of the molecule is O=C1CCCN1.O=C1N2CCC[C@H](C2)N1OP.O=CNNC=O.P. The molecule has 3 aliphatic heterocycles. The Labute approximate surface area is 146 Å². The Morgan fingerprint density at radius 3 is 2.25 bits per heavy atom. The number of hydrazine groups is 1. The van der Waals surface area contributed by atoms with Gasteiger partial charge in [0.1, 0.15) is 0 Å². The van der Waals surface area contributed by atoms with Gasteiger partial charge in [-0.15, -0.1) is 0 Å². The molecule has 3 heterocycles. The van der Waals surface area contributed by atoms with E-state index < -0.39 is 0 Å². The summed E-state index contributed by atoms with van der Waals surface area (Å²) in [6.07, 6.45) is 4.67. The van der Waals surface area contributed by atoms with E-state index in [1.54, 1.807) is 0 Å². The molecule has 2 bridgehead atoms. The van der Waals surface area contributed by atoms with Crippen LogP contribution in [-0.2, 0) is 19.0 Å². The fraction of sp³-hybridized carbons (Fsp3) is 0.667. The van der Waals surface area contributed by atoms with E-state index in [0.29, 0.717) is 12.8 Å². The molecule has 3 saturated heterocycles. The number of hydrogen-bond acceptors (Lipinski definition) is 5. The molecule has 12 heteroatoms. The van der Waals surface area contributed by atoms with Gasteiger partial charge >= 0.3 is 6.03 Å². The lowest BCUT2D eigenvalue weighted by Gasteiger charge is -2.20. The van der Waals surface area contributed by atoms with Crippen LogP contribution in [0.4, 0.5) is 4.79 Å². The molecule has 3 aliphatic rings. The second-order valence-electron chi connectivity index (χ2n) is 4.93. The molecule has 138 valence electrons. The number of nitrogens with zero attached hydrogens (tertiary/aromatic N) is 2. The summed E-state index contributed by atoms with van der Waals surface area (Å²) < 4.78 is 4.90. The minimum Gasteiger partial charge on any atom is -0.356 e. The van der Waals surface area contributed by atoms with Gasteiger partial charge in [-0.3, -0.25) is 29.9 Å². The highest BCUT2D eigenvalue weighted by Gasteiger charge is 2.40. The first kappa shape index (κ1) is 22.5. The molecule has 0 aromatic rings. The molecule has 5 amide bonds. The molecule has 3 atom stereocenters. The van der Waals surface area contributed by atoms with Gasteiger partial charge < -0.3 is 10.2 Å². The van der Waals surface area contributed by atoms with E-state index in [-0.39, 0.29) is 27.9 Å². The molecule has 10 nitrogen and oxygen atoms in total. The lowest BCUT2D eigenvalue weighted by molar-refractivity contribution is -0.119. The van der Waals surface area contributed by atoms with Crippen molar-refractivity contribution in [2.45, 2.75) is 31.7 Å². The first-order valence-corrected chi connectivity index (χ1v) is 7.71. The van der Waals surface area contributed by atoms with E-state index in [4.69, 9.17) is 4.62 Å². The second-order valence-corrected chi connectivity index (χ2v) is 5.14. The highest BCUT2D eigenvalue weighted by Crippen LogP contribution is 2.26. The van der Waals surface area contributed by atoms with E-state index in [9.17, 15) is 19.2 Å². The summed E-state index contributed by atoms with van der Waals surface area (Å²) in [6, 6.07) is 0.302. The number of rotatable bonds is 4. The molecule has 3 N–H and O–H groups in total. The molecule has 0 saturated carbocycles. The molecular formula is C12H25N5O5P2. The summed E-state index contributed by atoms with van der Waals surface area (Å²) in [5, 5.41) is 4.14. The van der Waals surface area contributed by atoms with Crippen LogP contribution in [0.1, 0.15) is 25.7 Å². The zero-order valence-corrected chi connectivity index (χ0v) is 16.0. The van der Waals surface area contributed by atoms with Crippen LogP contribution < -0.4 is 16.2 Å². The molecule has 0 aromatic carbocycles. The van der Waals surface area contributed by atoms with Crippen LogP contribution in [0.5, 0.6) is 0 Å². The number of fused-ring (bicyclic) bond motifs is 2. The van der Waals surface area contributed by atoms with Gasteiger partial charge in [0.15, 0.2) is 0 Å². The van der Waals surface area contributed by atoms with Gasteiger partial charge in [-0.05, 0) is 19.3 Å². The van der Waals surface area contributed by atoms with E-state index in [1.165, 1.54) is 5.06 Å². The molecule has 0 aliphatic carbocycles. The highest BCUT2D eigenvalue weighted by atomic mass is 31.0. The van der Waals surface area contributed by atoms with Gasteiger partial charge in [0.25, 0.3) is 0 Å². The van der Waals surface area contributed by atoms with Crippen LogP contribution in [0.25, 0.3) is 0 Å². The van der Waals surface area contributed by atoms with Crippen molar-refractivity contribution >= 4 is 44.1 Å². The fourth-order valence-electron chi connectivity index (χ4n) is 2.38. The summed E-state index contributed by atoms with van der Waals surface area (Å²) >= 11 is 0. The number of piperidine rings is 1. The largest absolute Gasteiger partial charge is 0.356 e. The van der Waals surface area contributed by atoms with Crippen molar-refractivity contribution in [2.75, 3.05) is 19.6 Å². The van der Waals surface area contributed by atoms with Gasteiger partial charge in [-0.25, -0.2) is 4.79 Å². The molecule has 3 fully saturated rings. The quantitative estimate of drug-likeness (QED) is 0.249. The predicted molar refractivity (Wildman–Crippen MR) is 94.4 cm³/mol. The minimum atomic E-state index is 0. The standard InChI is InChI=1S/C6H11N2O2P.C4H7NO.C2H4N2O2.H3P/c9-6-7-3-1-2-5(4-7)8(6)10-11;6-4-2-1-3-5-4;5-1-3-4-2-6;/h5H,1-4,11H2;1-3H2,(H,5,6);1-2H,(H,3,5)(H,4,6);1H3/t5-;;;/m1.../s1. The Hall–Kier alpha value is -1.50. The van der Waals surface area contributed by atoms with Crippen molar-refractivity contribution in [1.82, 2.24) is 26.1 Å². The smallest absolute Gasteiger partial charge is 0.344 e. The normalized spacial score (nSPS) is 20.5. The van der Waals surface area contributed by atoms with E-state index in [2.05, 4.69) is 14.8 Å². The first-order chi connectivity index (χ1) is 11.1. The Balaban J connectivity index is 0.000000353. The van der Waals surface area contributed by atoms with Crippen molar-refractivity contribution in [3.05, 3.63) is 0 Å². The molecule has 0 radical (unpaired) electrons. The number of carbonyl (C=O) groups excluding carboxylic acids is 4. The topological polar surface area (TPSA) is 120 Å². The third-order valence-corrected chi connectivity index (χ3v) is 3.63. The minimum absolute atomic E-state index is 0. The third-order valence-electron chi connectivity index (χ3n) is 3.40. The van der Waals surface area contributed by atoms with E-state index in [0.717, 1.165) is 45.3 Å². The van der Waals surface area contributed by atoms with E-state index >= 15 is 0 Å². The molecule has 24 heavy (non-hydrogen) atoms. The Morgan fingerprint density at radius 2 is 1.88 bits per heavy atom. The predicted octanol–water partition coefficient (Wildman–Crippen LogP) is -1.04. The average Bonchev–Trinajstić information content (AvgIpc) is 3.13.